The molecule has 1 unspecified atom stereocenters. The topological polar surface area (TPSA) is 26.3 Å². The minimum atomic E-state index is -0.274. The molecule has 0 radical (unpaired) electrons. The van der Waals surface area contributed by atoms with E-state index < -0.39 is 0 Å². The van der Waals surface area contributed by atoms with Gasteiger partial charge in [0.2, 0.25) is 0 Å². The van der Waals surface area contributed by atoms with Gasteiger partial charge in [-0.1, -0.05) is 37.1 Å². The van der Waals surface area contributed by atoms with Crippen molar-refractivity contribution in [2.24, 2.45) is 0 Å². The van der Waals surface area contributed by atoms with E-state index in [9.17, 15) is 4.79 Å². The first-order valence-electron chi connectivity index (χ1n) is 6.06. The van der Waals surface area contributed by atoms with Gasteiger partial charge in [0.15, 0.2) is 5.78 Å². The van der Waals surface area contributed by atoms with E-state index in [0.29, 0.717) is 18.1 Å². The van der Waals surface area contributed by atoms with Crippen LogP contribution in [-0.2, 0) is 16.0 Å². The van der Waals surface area contributed by atoms with Crippen molar-refractivity contribution >= 4 is 17.4 Å². The second-order valence-corrected chi connectivity index (χ2v) is 4.44. The first-order chi connectivity index (χ1) is 8.17. The van der Waals surface area contributed by atoms with Crippen LogP contribution in [-0.4, -0.2) is 18.5 Å². The zero-order chi connectivity index (χ0) is 12.7. The molecule has 1 aromatic rings. The summed E-state index contributed by atoms with van der Waals surface area (Å²) in [5.74, 6) is 0.135. The third-order valence-electron chi connectivity index (χ3n) is 2.55. The molecule has 94 valence electrons. The van der Waals surface area contributed by atoms with Crippen LogP contribution in [0.5, 0.6) is 0 Å². The molecule has 0 fully saturated rings. The molecule has 0 aliphatic carbocycles. The number of hydrogen-bond donors (Lipinski definition) is 0. The fraction of sp³-hybridized carbons (Fsp3) is 0.500. The lowest BCUT2D eigenvalue weighted by molar-refractivity contribution is -0.130. The number of carbonyl (C=O) groups is 1. The number of carbonyl (C=O) groups excluding carboxylic acids is 1. The predicted octanol–water partition coefficient (Wildman–Crippen LogP) is 3.66. The van der Waals surface area contributed by atoms with Crippen molar-refractivity contribution in [1.29, 1.82) is 0 Å². The van der Waals surface area contributed by atoms with Gasteiger partial charge in [-0.25, -0.2) is 0 Å². The Morgan fingerprint density at radius 3 is 2.76 bits per heavy atom. The van der Waals surface area contributed by atoms with Crippen molar-refractivity contribution in [3.63, 3.8) is 0 Å². The Hall–Kier alpha value is -0.860. The van der Waals surface area contributed by atoms with Gasteiger partial charge in [0.25, 0.3) is 0 Å². The van der Waals surface area contributed by atoms with E-state index in [-0.39, 0.29) is 11.9 Å². The Morgan fingerprint density at radius 2 is 2.18 bits per heavy atom. The number of benzene rings is 1. The number of hydrogen-bond acceptors (Lipinski definition) is 2. The van der Waals surface area contributed by atoms with E-state index >= 15 is 0 Å². The maximum atomic E-state index is 12.0. The Labute approximate surface area is 108 Å². The summed E-state index contributed by atoms with van der Waals surface area (Å²) >= 11 is 5.89. The highest BCUT2D eigenvalue weighted by atomic mass is 35.5. The van der Waals surface area contributed by atoms with Gasteiger partial charge in [0.1, 0.15) is 6.10 Å². The molecule has 0 spiro atoms. The Bertz CT molecular complexity index is 357. The molecule has 0 saturated heterocycles. The lowest BCUT2D eigenvalue weighted by Gasteiger charge is -2.14. The van der Waals surface area contributed by atoms with Crippen molar-refractivity contribution in [2.45, 2.75) is 39.2 Å². The van der Waals surface area contributed by atoms with Crippen LogP contribution in [0.15, 0.2) is 24.3 Å². The van der Waals surface area contributed by atoms with Crippen LogP contribution in [0.4, 0.5) is 0 Å². The predicted molar refractivity (Wildman–Crippen MR) is 70.5 cm³/mol. The highest BCUT2D eigenvalue weighted by molar-refractivity contribution is 6.30. The van der Waals surface area contributed by atoms with E-state index in [4.69, 9.17) is 16.3 Å². The summed E-state index contributed by atoms with van der Waals surface area (Å²) in [5, 5.41) is 0.666. The summed E-state index contributed by atoms with van der Waals surface area (Å²) in [5.41, 5.74) is 0.948. The second kappa shape index (κ2) is 7.46. The van der Waals surface area contributed by atoms with Crippen molar-refractivity contribution in [3.8, 4) is 0 Å². The largest absolute Gasteiger partial charge is 0.371 e. The van der Waals surface area contributed by atoms with E-state index in [0.717, 1.165) is 18.4 Å². The molecule has 0 aromatic heterocycles. The SMILES string of the molecule is CCCC(OCC)C(=O)Cc1cccc(Cl)c1. The first-order valence-corrected chi connectivity index (χ1v) is 6.44. The van der Waals surface area contributed by atoms with Gasteiger partial charge in [-0.2, -0.15) is 0 Å². The van der Waals surface area contributed by atoms with Gasteiger partial charge in [0.05, 0.1) is 0 Å². The number of ether oxygens (including phenoxy) is 1. The number of Topliss-reactive ketones (excluding diaryl/α,β-unsaturated/α-hetero) is 1. The molecule has 17 heavy (non-hydrogen) atoms. The maximum absolute atomic E-state index is 12.0. The van der Waals surface area contributed by atoms with Gasteiger partial charge in [-0.3, -0.25) is 4.79 Å². The van der Waals surface area contributed by atoms with Crippen molar-refractivity contribution < 1.29 is 9.53 Å². The molecular weight excluding hydrogens is 236 g/mol. The summed E-state index contributed by atoms with van der Waals surface area (Å²) in [6, 6.07) is 7.41. The van der Waals surface area contributed by atoms with Gasteiger partial charge in [0, 0.05) is 18.1 Å². The van der Waals surface area contributed by atoms with Gasteiger partial charge in [-0.05, 0) is 31.0 Å². The van der Waals surface area contributed by atoms with Gasteiger partial charge in [-0.15, -0.1) is 0 Å². The number of ketones is 1. The van der Waals surface area contributed by atoms with Gasteiger partial charge < -0.3 is 4.74 Å². The molecule has 3 heteroatoms. The van der Waals surface area contributed by atoms with Crippen LogP contribution in [0.1, 0.15) is 32.3 Å². The Kier molecular flexibility index (Phi) is 6.23. The van der Waals surface area contributed by atoms with Crippen LogP contribution in [0.2, 0.25) is 5.02 Å². The average Bonchev–Trinajstić information content (AvgIpc) is 2.28. The Balaban J connectivity index is 2.62. The van der Waals surface area contributed by atoms with E-state index in [1.165, 1.54) is 0 Å². The summed E-state index contributed by atoms with van der Waals surface area (Å²) < 4.78 is 5.46. The average molecular weight is 255 g/mol. The van der Waals surface area contributed by atoms with Crippen molar-refractivity contribution in [3.05, 3.63) is 34.9 Å². The molecule has 1 rings (SSSR count). The number of halogens is 1. The smallest absolute Gasteiger partial charge is 0.165 e. The van der Waals surface area contributed by atoms with Crippen LogP contribution in [0.25, 0.3) is 0 Å². The summed E-state index contributed by atoms with van der Waals surface area (Å²) in [6.07, 6.45) is 1.86. The van der Waals surface area contributed by atoms with E-state index in [2.05, 4.69) is 6.92 Å². The number of rotatable bonds is 7. The molecule has 0 heterocycles. The minimum Gasteiger partial charge on any atom is -0.371 e. The third-order valence-corrected chi connectivity index (χ3v) is 2.78. The van der Waals surface area contributed by atoms with E-state index in [1.807, 2.05) is 31.2 Å². The van der Waals surface area contributed by atoms with Crippen LogP contribution >= 0.6 is 11.6 Å². The molecule has 0 bridgehead atoms. The molecule has 1 atom stereocenters. The lowest BCUT2D eigenvalue weighted by atomic mass is 10.0. The Morgan fingerprint density at radius 1 is 1.41 bits per heavy atom. The van der Waals surface area contributed by atoms with Crippen molar-refractivity contribution in [2.75, 3.05) is 6.61 Å². The molecule has 0 N–H and O–H groups in total. The molecule has 1 aromatic carbocycles. The quantitative estimate of drug-likeness (QED) is 0.742. The summed E-state index contributed by atoms with van der Waals surface area (Å²) in [6.45, 7) is 4.54. The molecule has 0 amide bonds. The monoisotopic (exact) mass is 254 g/mol. The van der Waals surface area contributed by atoms with Crippen LogP contribution in [0, 0.1) is 0 Å². The molecule has 0 aliphatic heterocycles. The molecular formula is C14H19ClO2. The summed E-state index contributed by atoms with van der Waals surface area (Å²) in [4.78, 5) is 12.0. The fourth-order valence-electron chi connectivity index (χ4n) is 1.76. The molecule has 0 aliphatic rings. The standard InChI is InChI=1S/C14H19ClO2/c1-3-6-14(17-4-2)13(16)10-11-7-5-8-12(15)9-11/h5,7-9,14H,3-4,6,10H2,1-2H3. The summed E-state index contributed by atoms with van der Waals surface area (Å²) in [7, 11) is 0. The van der Waals surface area contributed by atoms with Crippen LogP contribution < -0.4 is 0 Å². The minimum absolute atomic E-state index is 0.135. The lowest BCUT2D eigenvalue weighted by Crippen LogP contribution is -2.25. The fourth-order valence-corrected chi connectivity index (χ4v) is 1.98. The molecule has 2 nitrogen and oxygen atoms in total. The normalized spacial score (nSPS) is 12.4. The van der Waals surface area contributed by atoms with Crippen LogP contribution in [0.3, 0.4) is 0 Å². The van der Waals surface area contributed by atoms with Gasteiger partial charge >= 0.3 is 0 Å². The zero-order valence-corrected chi connectivity index (χ0v) is 11.2. The highest BCUT2D eigenvalue weighted by Crippen LogP contribution is 2.13. The van der Waals surface area contributed by atoms with Crippen molar-refractivity contribution in [1.82, 2.24) is 0 Å². The third kappa shape index (κ3) is 4.88. The maximum Gasteiger partial charge on any atom is 0.165 e. The highest BCUT2D eigenvalue weighted by Gasteiger charge is 2.17. The first kappa shape index (κ1) is 14.2. The zero-order valence-electron chi connectivity index (χ0n) is 10.4. The molecule has 0 saturated carbocycles. The van der Waals surface area contributed by atoms with E-state index in [1.54, 1.807) is 0 Å². The second-order valence-electron chi connectivity index (χ2n) is 4.01.